The fourth-order valence-electron chi connectivity index (χ4n) is 5.13. The molecular weight excluding hydrogens is 504 g/mol. The zero-order chi connectivity index (χ0) is 29.0. The highest BCUT2D eigenvalue weighted by Gasteiger charge is 2.32. The Morgan fingerprint density at radius 1 is 1.05 bits per heavy atom. The average Bonchev–Trinajstić information content (AvgIpc) is 2.93. The molecular formula is C31H44N6O3. The van der Waals surface area contributed by atoms with Crippen LogP contribution < -0.4 is 21.4 Å². The highest BCUT2D eigenvalue weighted by molar-refractivity contribution is 5.90. The summed E-state index contributed by atoms with van der Waals surface area (Å²) in [5, 5.41) is 11.9. The van der Waals surface area contributed by atoms with E-state index in [9.17, 15) is 14.4 Å². The van der Waals surface area contributed by atoms with Crippen LogP contribution in [0, 0.1) is 11.3 Å². The van der Waals surface area contributed by atoms with E-state index < -0.39 is 18.1 Å². The lowest BCUT2D eigenvalue weighted by Gasteiger charge is -2.35. The summed E-state index contributed by atoms with van der Waals surface area (Å²) in [7, 11) is 0. The number of hydrogen-bond acceptors (Lipinski definition) is 6. The third-order valence-corrected chi connectivity index (χ3v) is 7.78. The maximum atomic E-state index is 13.2. The number of nitrogens with zero attached hydrogens (tertiary/aromatic N) is 2. The van der Waals surface area contributed by atoms with Crippen LogP contribution in [0.1, 0.15) is 71.6 Å². The number of nitrogens with one attached hydrogen (secondary N) is 4. The second-order valence-electron chi connectivity index (χ2n) is 12.3. The van der Waals surface area contributed by atoms with Gasteiger partial charge in [0.05, 0.1) is 11.6 Å². The van der Waals surface area contributed by atoms with Crippen LogP contribution in [0.25, 0.3) is 17.0 Å². The molecule has 4 rings (SSSR count). The maximum Gasteiger partial charge on any atom is 0.258 e. The number of carbonyl (C=O) groups excluding carboxylic acids is 3. The summed E-state index contributed by atoms with van der Waals surface area (Å²) >= 11 is 0. The molecule has 0 aliphatic carbocycles. The van der Waals surface area contributed by atoms with Gasteiger partial charge in [0.2, 0.25) is 11.8 Å². The molecule has 216 valence electrons. The van der Waals surface area contributed by atoms with Gasteiger partial charge in [0.15, 0.2) is 0 Å². The number of hydrazine groups is 1. The first-order chi connectivity index (χ1) is 18.9. The molecule has 1 saturated heterocycles. The highest BCUT2D eigenvalue weighted by Crippen LogP contribution is 2.23. The van der Waals surface area contributed by atoms with E-state index in [1.807, 2.05) is 26.8 Å². The normalized spacial score (nSPS) is 27.7. The Hall–Kier alpha value is -3.30. The molecule has 2 aliphatic rings. The topological polar surface area (TPSA) is 115 Å². The minimum atomic E-state index is -0.732. The first-order valence-electron chi connectivity index (χ1n) is 14.4. The number of aromatic nitrogens is 1. The molecule has 40 heavy (non-hydrogen) atoms. The summed E-state index contributed by atoms with van der Waals surface area (Å²) in [6, 6.07) is 8.61. The second-order valence-corrected chi connectivity index (χ2v) is 12.3. The fourth-order valence-corrected chi connectivity index (χ4v) is 5.13. The van der Waals surface area contributed by atoms with E-state index in [1.54, 1.807) is 6.92 Å². The molecule has 3 amide bonds. The molecule has 9 heteroatoms. The van der Waals surface area contributed by atoms with Crippen molar-refractivity contribution < 1.29 is 14.4 Å². The van der Waals surface area contributed by atoms with E-state index in [4.69, 9.17) is 4.98 Å². The van der Waals surface area contributed by atoms with Gasteiger partial charge >= 0.3 is 0 Å². The summed E-state index contributed by atoms with van der Waals surface area (Å²) in [6.45, 7) is 13.5. The third kappa shape index (κ3) is 7.26. The van der Waals surface area contributed by atoms with Crippen molar-refractivity contribution in [1.82, 2.24) is 31.4 Å². The second kappa shape index (κ2) is 12.5. The highest BCUT2D eigenvalue weighted by atomic mass is 16.2. The standard InChI is InChI=1S/C31H44N6O3/c1-19(2)27-29(39)34-21(4)30(40)37-15-7-8-25(36-37)28(38)32-17-20(3)24-12-11-23-10-9-22(16-26(23)35-24)13-14-31(5,6)18-33-27/h9-14,16,19-21,25,27,33,36H,7-8,15,17-18H2,1-6H3,(H,32,38)(H,34,39)/b14-13+/t20-,21-,25-,27-/m0/s1. The van der Waals surface area contributed by atoms with Crippen LogP contribution in [0.4, 0.5) is 0 Å². The van der Waals surface area contributed by atoms with Gasteiger partial charge in [-0.05, 0) is 48.8 Å². The van der Waals surface area contributed by atoms with Gasteiger partial charge < -0.3 is 16.0 Å². The van der Waals surface area contributed by atoms with Crippen molar-refractivity contribution in [3.63, 3.8) is 0 Å². The molecule has 4 N–H and O–H groups in total. The van der Waals surface area contributed by atoms with Gasteiger partial charge in [-0.3, -0.25) is 24.4 Å². The van der Waals surface area contributed by atoms with Crippen molar-refractivity contribution in [2.24, 2.45) is 11.3 Å². The molecule has 1 aromatic heterocycles. The Labute approximate surface area is 237 Å². The minimum absolute atomic E-state index is 0.0147. The van der Waals surface area contributed by atoms with Gasteiger partial charge in [-0.2, -0.15) is 0 Å². The minimum Gasteiger partial charge on any atom is -0.354 e. The maximum absolute atomic E-state index is 13.2. The van der Waals surface area contributed by atoms with Gasteiger partial charge in [0.1, 0.15) is 12.1 Å². The van der Waals surface area contributed by atoms with Crippen LogP contribution in [-0.2, 0) is 14.4 Å². The van der Waals surface area contributed by atoms with Crippen molar-refractivity contribution in [3.05, 3.63) is 47.7 Å². The molecule has 3 heterocycles. The molecule has 2 aromatic rings. The summed E-state index contributed by atoms with van der Waals surface area (Å²) in [4.78, 5) is 44.4. The van der Waals surface area contributed by atoms with Gasteiger partial charge in [-0.25, -0.2) is 5.43 Å². The van der Waals surface area contributed by atoms with E-state index in [1.165, 1.54) is 5.01 Å². The molecule has 4 atom stereocenters. The lowest BCUT2D eigenvalue weighted by molar-refractivity contribution is -0.143. The fraction of sp³-hybridized carbons (Fsp3) is 0.548. The number of pyridine rings is 1. The number of rotatable bonds is 1. The van der Waals surface area contributed by atoms with Gasteiger partial charge in [-0.1, -0.05) is 65.0 Å². The first kappa shape index (κ1) is 29.7. The van der Waals surface area contributed by atoms with Gasteiger partial charge in [0, 0.05) is 36.6 Å². The summed E-state index contributed by atoms with van der Waals surface area (Å²) < 4.78 is 0. The quantitative estimate of drug-likeness (QED) is 0.435. The number of fused-ring (bicyclic) bond motifs is 4. The van der Waals surface area contributed by atoms with E-state index in [0.29, 0.717) is 32.5 Å². The zero-order valence-corrected chi connectivity index (χ0v) is 24.6. The number of amides is 3. The molecule has 9 nitrogen and oxygen atoms in total. The molecule has 2 aliphatic heterocycles. The Balaban J connectivity index is 1.63. The predicted octanol–water partition coefficient (Wildman–Crippen LogP) is 3.12. The SMILES string of the molecule is CC(C)[C@@H]1NCC(C)(C)/C=C/c2ccc3ccc(nc3c2)[C@@H](C)CNC(=O)[C@@H]2CCCN(N2)C(=O)[C@H](C)NC1=O. The van der Waals surface area contributed by atoms with Crippen LogP contribution >= 0.6 is 0 Å². The number of carbonyl (C=O) groups is 3. The van der Waals surface area contributed by atoms with Gasteiger partial charge in [-0.15, -0.1) is 0 Å². The first-order valence-corrected chi connectivity index (χ1v) is 14.4. The largest absolute Gasteiger partial charge is 0.354 e. The summed E-state index contributed by atoms with van der Waals surface area (Å²) in [6.07, 6.45) is 5.57. The average molecular weight is 549 g/mol. The molecule has 0 unspecified atom stereocenters. The summed E-state index contributed by atoms with van der Waals surface area (Å²) in [5.41, 5.74) is 5.73. The molecule has 1 aromatic carbocycles. The lowest BCUT2D eigenvalue weighted by Crippen LogP contribution is -2.62. The third-order valence-electron chi connectivity index (χ3n) is 7.78. The molecule has 0 radical (unpaired) electrons. The van der Waals surface area contributed by atoms with E-state index in [2.05, 4.69) is 71.6 Å². The number of benzene rings is 1. The Morgan fingerprint density at radius 2 is 1.80 bits per heavy atom. The monoisotopic (exact) mass is 548 g/mol. The van der Waals surface area contributed by atoms with Crippen molar-refractivity contribution in [2.45, 2.75) is 78.4 Å². The predicted molar refractivity (Wildman–Crippen MR) is 158 cm³/mol. The van der Waals surface area contributed by atoms with Crippen LogP contribution in [0.3, 0.4) is 0 Å². The molecule has 0 saturated carbocycles. The van der Waals surface area contributed by atoms with E-state index in [0.717, 1.165) is 22.2 Å². The number of hydrogen-bond donors (Lipinski definition) is 4. The van der Waals surface area contributed by atoms with Crippen molar-refractivity contribution in [3.8, 4) is 0 Å². The van der Waals surface area contributed by atoms with Crippen LogP contribution in [0.2, 0.25) is 0 Å². The van der Waals surface area contributed by atoms with Crippen molar-refractivity contribution in [1.29, 1.82) is 0 Å². The molecule has 1 fully saturated rings. The Kier molecular flexibility index (Phi) is 9.26. The lowest BCUT2D eigenvalue weighted by atomic mass is 9.90. The van der Waals surface area contributed by atoms with Gasteiger partial charge in [0.25, 0.3) is 5.91 Å². The molecule has 5 bridgehead atoms. The molecule has 0 spiro atoms. The van der Waals surface area contributed by atoms with Crippen molar-refractivity contribution >= 4 is 34.7 Å². The Bertz CT molecular complexity index is 1270. The summed E-state index contributed by atoms with van der Waals surface area (Å²) in [5.74, 6) is -0.582. The van der Waals surface area contributed by atoms with Crippen LogP contribution in [0.15, 0.2) is 36.4 Å². The van der Waals surface area contributed by atoms with Crippen LogP contribution in [-0.4, -0.2) is 65.5 Å². The van der Waals surface area contributed by atoms with Crippen molar-refractivity contribution in [2.75, 3.05) is 19.6 Å². The van der Waals surface area contributed by atoms with Crippen LogP contribution in [0.5, 0.6) is 0 Å². The zero-order valence-electron chi connectivity index (χ0n) is 24.6. The smallest absolute Gasteiger partial charge is 0.258 e. The Morgan fingerprint density at radius 3 is 2.55 bits per heavy atom. The van der Waals surface area contributed by atoms with E-state index >= 15 is 0 Å². The van der Waals surface area contributed by atoms with E-state index in [-0.39, 0.29) is 35.0 Å².